The molecule has 28 heavy (non-hydrogen) atoms. The van der Waals surface area contributed by atoms with E-state index in [1.165, 1.54) is 30.0 Å². The fraction of sp³-hybridized carbons (Fsp3) is 0.316. The van der Waals surface area contributed by atoms with Crippen LogP contribution in [-0.4, -0.2) is 35.0 Å². The van der Waals surface area contributed by atoms with Crippen LogP contribution in [0.5, 0.6) is 0 Å². The first kappa shape index (κ1) is 18.8. The molecule has 0 radical (unpaired) electrons. The van der Waals surface area contributed by atoms with Gasteiger partial charge in [-0.2, -0.15) is 0 Å². The SMILES string of the molecule is NC1=NC2(c3cc(NC(=O)c4ccc(F)cn4)ccc3F)CCOCC2CS1. The molecular weight excluding hydrogens is 386 g/mol. The van der Waals surface area contributed by atoms with Gasteiger partial charge in [0, 0.05) is 35.9 Å². The number of aromatic nitrogens is 1. The predicted octanol–water partition coefficient (Wildman–Crippen LogP) is 2.91. The van der Waals surface area contributed by atoms with Gasteiger partial charge in [-0.25, -0.2) is 13.8 Å². The van der Waals surface area contributed by atoms with Crippen LogP contribution in [0.15, 0.2) is 41.5 Å². The van der Waals surface area contributed by atoms with Crippen LogP contribution in [0.2, 0.25) is 0 Å². The normalized spacial score (nSPS) is 24.2. The number of amides is 1. The highest BCUT2D eigenvalue weighted by Gasteiger charge is 2.47. The molecule has 2 atom stereocenters. The van der Waals surface area contributed by atoms with Crippen LogP contribution in [0.25, 0.3) is 0 Å². The fourth-order valence-corrected chi connectivity index (χ4v) is 4.57. The first-order valence-corrected chi connectivity index (χ1v) is 9.75. The van der Waals surface area contributed by atoms with E-state index < -0.39 is 23.1 Å². The number of ether oxygens (including phenoxy) is 1. The van der Waals surface area contributed by atoms with Gasteiger partial charge in [0.05, 0.1) is 18.3 Å². The number of amidine groups is 1. The predicted molar refractivity (Wildman–Crippen MR) is 103 cm³/mol. The fourth-order valence-electron chi connectivity index (χ4n) is 3.60. The molecule has 3 heterocycles. The topological polar surface area (TPSA) is 89.6 Å². The highest BCUT2D eigenvalue weighted by molar-refractivity contribution is 8.13. The van der Waals surface area contributed by atoms with Gasteiger partial charge in [-0.1, -0.05) is 11.8 Å². The summed E-state index contributed by atoms with van der Waals surface area (Å²) in [5, 5.41) is 3.10. The number of halogens is 2. The average Bonchev–Trinajstić information content (AvgIpc) is 2.69. The number of nitrogens with zero attached hydrogens (tertiary/aromatic N) is 2. The minimum atomic E-state index is -0.813. The van der Waals surface area contributed by atoms with Crippen LogP contribution in [0, 0.1) is 17.6 Å². The van der Waals surface area contributed by atoms with E-state index in [4.69, 9.17) is 10.5 Å². The summed E-state index contributed by atoms with van der Waals surface area (Å²) in [7, 11) is 0. The molecule has 146 valence electrons. The van der Waals surface area contributed by atoms with Gasteiger partial charge >= 0.3 is 0 Å². The number of hydrogen-bond acceptors (Lipinski definition) is 6. The second kappa shape index (κ2) is 7.48. The number of thioether (sulfide) groups is 1. The summed E-state index contributed by atoms with van der Waals surface area (Å²) < 4.78 is 33.4. The van der Waals surface area contributed by atoms with E-state index in [1.54, 1.807) is 6.07 Å². The quantitative estimate of drug-likeness (QED) is 0.821. The molecule has 2 aliphatic rings. The van der Waals surface area contributed by atoms with Gasteiger partial charge in [0.15, 0.2) is 5.17 Å². The van der Waals surface area contributed by atoms with E-state index in [1.807, 2.05) is 0 Å². The Morgan fingerprint density at radius 2 is 2.18 bits per heavy atom. The van der Waals surface area contributed by atoms with Crippen molar-refractivity contribution in [2.24, 2.45) is 16.6 Å². The molecule has 0 spiro atoms. The van der Waals surface area contributed by atoms with Gasteiger partial charge < -0.3 is 15.8 Å². The number of nitrogens with one attached hydrogen (secondary N) is 1. The van der Waals surface area contributed by atoms with Gasteiger partial charge in [-0.05, 0) is 30.3 Å². The number of anilines is 1. The van der Waals surface area contributed by atoms with Gasteiger partial charge in [-0.15, -0.1) is 0 Å². The molecule has 4 rings (SSSR count). The minimum Gasteiger partial charge on any atom is -0.381 e. The molecule has 2 unspecified atom stereocenters. The van der Waals surface area contributed by atoms with Crippen molar-refractivity contribution in [1.82, 2.24) is 4.98 Å². The highest BCUT2D eigenvalue weighted by atomic mass is 32.2. The lowest BCUT2D eigenvalue weighted by molar-refractivity contribution is 0.00886. The first-order chi connectivity index (χ1) is 13.5. The zero-order valence-electron chi connectivity index (χ0n) is 14.8. The number of carbonyl (C=O) groups excluding carboxylic acids is 1. The first-order valence-electron chi connectivity index (χ1n) is 8.77. The summed E-state index contributed by atoms with van der Waals surface area (Å²) in [5.74, 6) is -0.784. The van der Waals surface area contributed by atoms with Gasteiger partial charge in [0.1, 0.15) is 17.3 Å². The lowest BCUT2D eigenvalue weighted by Crippen LogP contribution is -2.47. The Hall–Kier alpha value is -2.52. The van der Waals surface area contributed by atoms with Crippen LogP contribution in [0.4, 0.5) is 14.5 Å². The van der Waals surface area contributed by atoms with Crippen LogP contribution in [0.1, 0.15) is 22.5 Å². The molecule has 6 nitrogen and oxygen atoms in total. The Kier molecular flexibility index (Phi) is 5.03. The van der Waals surface area contributed by atoms with Gasteiger partial charge in [-0.3, -0.25) is 9.79 Å². The van der Waals surface area contributed by atoms with E-state index in [2.05, 4.69) is 15.3 Å². The van der Waals surface area contributed by atoms with Crippen molar-refractivity contribution in [2.45, 2.75) is 12.0 Å². The zero-order valence-corrected chi connectivity index (χ0v) is 15.6. The molecular formula is C19H18F2N4O2S. The summed E-state index contributed by atoms with van der Waals surface area (Å²) in [6, 6.07) is 6.79. The minimum absolute atomic E-state index is 0.0160. The molecule has 1 fully saturated rings. The lowest BCUT2D eigenvalue weighted by atomic mass is 9.75. The van der Waals surface area contributed by atoms with Crippen LogP contribution < -0.4 is 11.1 Å². The zero-order chi connectivity index (χ0) is 19.7. The molecule has 9 heteroatoms. The van der Waals surface area contributed by atoms with Crippen molar-refractivity contribution < 1.29 is 18.3 Å². The lowest BCUT2D eigenvalue weighted by Gasteiger charge is -2.44. The number of fused-ring (bicyclic) bond motifs is 1. The summed E-state index contributed by atoms with van der Waals surface area (Å²) in [6.07, 6.45) is 1.47. The number of nitrogens with two attached hydrogens (primary N) is 1. The summed E-state index contributed by atoms with van der Waals surface area (Å²) in [4.78, 5) is 20.8. The maximum absolute atomic E-state index is 14.8. The maximum atomic E-state index is 14.8. The Bertz CT molecular complexity index is 938. The van der Waals surface area contributed by atoms with E-state index in [-0.39, 0.29) is 11.6 Å². The Morgan fingerprint density at radius 3 is 2.96 bits per heavy atom. The third kappa shape index (κ3) is 3.47. The smallest absolute Gasteiger partial charge is 0.274 e. The monoisotopic (exact) mass is 404 g/mol. The van der Waals surface area contributed by atoms with Crippen molar-refractivity contribution >= 4 is 28.5 Å². The molecule has 0 saturated carbocycles. The number of benzene rings is 1. The van der Waals surface area contributed by atoms with E-state index in [0.29, 0.717) is 41.8 Å². The second-order valence-electron chi connectivity index (χ2n) is 6.72. The molecule has 2 aliphatic heterocycles. The molecule has 2 aromatic rings. The second-order valence-corrected chi connectivity index (χ2v) is 7.76. The number of aliphatic imine (C=N–C) groups is 1. The largest absolute Gasteiger partial charge is 0.381 e. The number of hydrogen-bond donors (Lipinski definition) is 2. The van der Waals surface area contributed by atoms with Crippen molar-refractivity contribution in [3.8, 4) is 0 Å². The van der Waals surface area contributed by atoms with Crippen LogP contribution in [0.3, 0.4) is 0 Å². The summed E-state index contributed by atoms with van der Waals surface area (Å²) in [5.41, 5.74) is 6.00. The Labute approximate surface area is 164 Å². The van der Waals surface area contributed by atoms with Crippen molar-refractivity contribution in [1.29, 1.82) is 0 Å². The number of carbonyl (C=O) groups is 1. The van der Waals surface area contributed by atoms with Gasteiger partial charge in [0.2, 0.25) is 0 Å². The summed E-state index contributed by atoms with van der Waals surface area (Å²) in [6.45, 7) is 0.923. The van der Waals surface area contributed by atoms with Gasteiger partial charge in [0.25, 0.3) is 5.91 Å². The molecule has 1 saturated heterocycles. The van der Waals surface area contributed by atoms with Crippen molar-refractivity contribution in [2.75, 3.05) is 24.3 Å². The number of pyridine rings is 1. The van der Waals surface area contributed by atoms with Crippen molar-refractivity contribution in [3.05, 3.63) is 59.4 Å². The van der Waals surface area contributed by atoms with Crippen molar-refractivity contribution in [3.63, 3.8) is 0 Å². The number of rotatable bonds is 3. The third-order valence-electron chi connectivity index (χ3n) is 5.01. The Morgan fingerprint density at radius 1 is 1.32 bits per heavy atom. The molecule has 0 aliphatic carbocycles. The Balaban J connectivity index is 1.68. The summed E-state index contributed by atoms with van der Waals surface area (Å²) >= 11 is 1.43. The van der Waals surface area contributed by atoms with E-state index in [0.717, 1.165) is 12.3 Å². The molecule has 3 N–H and O–H groups in total. The third-order valence-corrected chi connectivity index (χ3v) is 5.97. The van der Waals surface area contributed by atoms with Crippen LogP contribution in [-0.2, 0) is 10.3 Å². The highest BCUT2D eigenvalue weighted by Crippen LogP contribution is 2.46. The van der Waals surface area contributed by atoms with E-state index >= 15 is 0 Å². The maximum Gasteiger partial charge on any atom is 0.274 e. The molecule has 1 aromatic heterocycles. The standard InChI is InChI=1S/C19H18F2N4O2S/c20-12-1-4-16(23-8-12)17(26)24-13-2-3-15(21)14(7-13)19-5-6-27-9-11(19)10-28-18(22)25-19/h1-4,7-8,11H,5-6,9-10H2,(H2,22,25)(H,24,26). The van der Waals surface area contributed by atoms with E-state index in [9.17, 15) is 13.6 Å². The molecule has 1 amide bonds. The average molecular weight is 404 g/mol. The van der Waals surface area contributed by atoms with Crippen LogP contribution >= 0.6 is 11.8 Å². The molecule has 0 bridgehead atoms. The molecule has 1 aromatic carbocycles.